The van der Waals surface area contributed by atoms with E-state index < -0.39 is 6.04 Å². The smallest absolute Gasteiger partial charge is 0.143 e. The van der Waals surface area contributed by atoms with Crippen LogP contribution in [0.4, 0.5) is 0 Å². The van der Waals surface area contributed by atoms with E-state index in [0.29, 0.717) is 26.2 Å². The van der Waals surface area contributed by atoms with E-state index in [1.54, 1.807) is 18.2 Å². The molecule has 0 N–H and O–H groups in total. The van der Waals surface area contributed by atoms with E-state index >= 15 is 0 Å². The van der Waals surface area contributed by atoms with Gasteiger partial charge >= 0.3 is 0 Å². The number of hydrogen-bond donors (Lipinski definition) is 0. The van der Waals surface area contributed by atoms with Crippen LogP contribution in [0, 0.1) is 0 Å². The van der Waals surface area contributed by atoms with Crippen molar-refractivity contribution in [3.05, 3.63) is 70.0 Å². The fourth-order valence-electron chi connectivity index (χ4n) is 2.39. The van der Waals surface area contributed by atoms with Gasteiger partial charge in [-0.3, -0.25) is 0 Å². The lowest BCUT2D eigenvalue weighted by molar-refractivity contribution is 0.670. The van der Waals surface area contributed by atoms with Crippen molar-refractivity contribution >= 4 is 49.5 Å². The highest BCUT2D eigenvalue weighted by Gasteiger charge is 2.13. The molecule has 21 heavy (non-hydrogen) atoms. The second-order valence-electron chi connectivity index (χ2n) is 4.57. The lowest BCUT2D eigenvalue weighted by Gasteiger charge is -2.03. The summed E-state index contributed by atoms with van der Waals surface area (Å²) in [6.07, 6.45) is 0. The van der Waals surface area contributed by atoms with Crippen molar-refractivity contribution in [1.29, 1.82) is 0 Å². The summed E-state index contributed by atoms with van der Waals surface area (Å²) in [5, 5.41) is 2.13. The quantitative estimate of drug-likeness (QED) is 0.368. The molecular formula is C18H10BrClO. The minimum Gasteiger partial charge on any atom is -0.455 e. The Morgan fingerprint density at radius 1 is 1.00 bits per heavy atom. The van der Waals surface area contributed by atoms with Crippen molar-refractivity contribution in [1.82, 2.24) is 0 Å². The molecule has 0 fully saturated rings. The summed E-state index contributed by atoms with van der Waals surface area (Å²) in [6, 6.07) is 7.12. The van der Waals surface area contributed by atoms with Gasteiger partial charge in [0.1, 0.15) is 11.2 Å². The minimum absolute atomic E-state index is 0.104. The van der Waals surface area contributed by atoms with Gasteiger partial charge in [-0.15, -0.1) is 0 Å². The third-order valence-electron chi connectivity index (χ3n) is 3.27. The standard InChI is InChI=1S/C18H10BrClO/c19-12-8-15(11-4-2-1-3-5-11)18-16(9-12)14-7-6-13(20)10-17(14)21-18/h1-10H/i1D,2D,3D,4D,5D. The molecule has 4 rings (SSSR count). The van der Waals surface area contributed by atoms with Crippen molar-refractivity contribution in [2.75, 3.05) is 0 Å². The molecule has 0 saturated heterocycles. The van der Waals surface area contributed by atoms with Crippen LogP contribution in [-0.2, 0) is 0 Å². The first-order valence-electron chi connectivity index (χ1n) is 8.68. The third-order valence-corrected chi connectivity index (χ3v) is 3.96. The maximum Gasteiger partial charge on any atom is 0.143 e. The number of hydrogen-bond acceptors (Lipinski definition) is 1. The molecule has 0 aliphatic heterocycles. The molecule has 0 aliphatic carbocycles. The third kappa shape index (κ3) is 2.15. The average Bonchev–Trinajstić information content (AvgIpc) is 2.95. The van der Waals surface area contributed by atoms with Gasteiger partial charge in [-0.1, -0.05) is 57.7 Å². The molecule has 3 heteroatoms. The highest BCUT2D eigenvalue weighted by molar-refractivity contribution is 9.10. The van der Waals surface area contributed by atoms with Crippen LogP contribution in [-0.4, -0.2) is 0 Å². The van der Waals surface area contributed by atoms with Gasteiger partial charge < -0.3 is 4.42 Å². The fraction of sp³-hybridized carbons (Fsp3) is 0. The molecule has 1 aromatic heterocycles. The van der Waals surface area contributed by atoms with Crippen molar-refractivity contribution in [2.45, 2.75) is 0 Å². The number of furan rings is 1. The first kappa shape index (κ1) is 8.62. The van der Waals surface area contributed by atoms with Crippen LogP contribution in [0.15, 0.2) is 69.4 Å². The Morgan fingerprint density at radius 2 is 1.81 bits per heavy atom. The summed E-state index contributed by atoms with van der Waals surface area (Å²) >= 11 is 9.49. The molecule has 3 aromatic carbocycles. The predicted octanol–water partition coefficient (Wildman–Crippen LogP) is 6.67. The van der Waals surface area contributed by atoms with Crippen LogP contribution in [0.1, 0.15) is 6.85 Å². The van der Waals surface area contributed by atoms with Gasteiger partial charge in [-0.05, 0) is 29.8 Å². The van der Waals surface area contributed by atoms with Crippen molar-refractivity contribution in [2.24, 2.45) is 0 Å². The Balaban J connectivity index is 2.18. The summed E-state index contributed by atoms with van der Waals surface area (Å²) in [6.45, 7) is 0. The lowest BCUT2D eigenvalue weighted by Crippen LogP contribution is -1.79. The van der Waals surface area contributed by atoms with Gasteiger partial charge in [-0.2, -0.15) is 0 Å². The van der Waals surface area contributed by atoms with Crippen molar-refractivity contribution in [3.63, 3.8) is 0 Å². The molecule has 0 atom stereocenters. The van der Waals surface area contributed by atoms with Crippen LogP contribution < -0.4 is 0 Å². The number of halogens is 2. The van der Waals surface area contributed by atoms with E-state index in [9.17, 15) is 0 Å². The summed E-state index contributed by atoms with van der Waals surface area (Å²) in [5.41, 5.74) is 1.55. The normalized spacial score (nSPS) is 14.7. The topological polar surface area (TPSA) is 13.1 Å². The van der Waals surface area contributed by atoms with E-state index in [2.05, 4.69) is 15.9 Å². The molecule has 0 radical (unpaired) electrons. The highest BCUT2D eigenvalue weighted by atomic mass is 79.9. The fourth-order valence-corrected chi connectivity index (χ4v) is 3.01. The molecule has 102 valence electrons. The molecule has 1 heterocycles. The summed E-state index contributed by atoms with van der Waals surface area (Å²) in [4.78, 5) is 0. The second-order valence-corrected chi connectivity index (χ2v) is 5.92. The molecule has 0 amide bonds. The Labute approximate surface area is 142 Å². The Bertz CT molecular complexity index is 1190. The summed E-state index contributed by atoms with van der Waals surface area (Å²) in [7, 11) is 0. The van der Waals surface area contributed by atoms with Crippen LogP contribution in [0.5, 0.6) is 0 Å². The Hall–Kier alpha value is -1.77. The monoisotopic (exact) mass is 361 g/mol. The molecule has 4 aromatic rings. The first-order chi connectivity index (χ1) is 12.3. The maximum absolute atomic E-state index is 8.24. The van der Waals surface area contributed by atoms with Gasteiger partial charge in [0.05, 0.1) is 6.85 Å². The Kier molecular flexibility index (Phi) is 2.01. The van der Waals surface area contributed by atoms with Gasteiger partial charge in [0, 0.05) is 31.9 Å². The van der Waals surface area contributed by atoms with Crippen LogP contribution in [0.2, 0.25) is 5.02 Å². The predicted molar refractivity (Wildman–Crippen MR) is 91.9 cm³/mol. The molecule has 0 bridgehead atoms. The van der Waals surface area contributed by atoms with E-state index in [-0.39, 0.29) is 29.7 Å². The van der Waals surface area contributed by atoms with Crippen LogP contribution in [0.25, 0.3) is 33.1 Å². The molecule has 1 nitrogen and oxygen atoms in total. The van der Waals surface area contributed by atoms with Crippen molar-refractivity contribution in [3.8, 4) is 11.1 Å². The largest absolute Gasteiger partial charge is 0.455 e. The van der Waals surface area contributed by atoms with E-state index in [0.717, 1.165) is 10.8 Å². The van der Waals surface area contributed by atoms with Gasteiger partial charge in [0.15, 0.2) is 0 Å². The number of fused-ring (bicyclic) bond motifs is 3. The highest BCUT2D eigenvalue weighted by Crippen LogP contribution is 2.38. The molecule has 0 spiro atoms. The van der Waals surface area contributed by atoms with E-state index in [4.69, 9.17) is 22.9 Å². The zero-order chi connectivity index (χ0) is 18.7. The second kappa shape index (κ2) is 4.90. The van der Waals surface area contributed by atoms with Gasteiger partial charge in [0.25, 0.3) is 0 Å². The average molecular weight is 363 g/mol. The summed E-state index contributed by atoms with van der Waals surface area (Å²) in [5.74, 6) is 0. The van der Waals surface area contributed by atoms with Crippen LogP contribution in [0.3, 0.4) is 0 Å². The molecule has 0 saturated carbocycles. The molecule has 0 unspecified atom stereocenters. The molecule has 0 aliphatic rings. The Morgan fingerprint density at radius 3 is 2.62 bits per heavy atom. The maximum atomic E-state index is 8.24. The van der Waals surface area contributed by atoms with E-state index in [1.807, 2.05) is 12.1 Å². The number of rotatable bonds is 1. The lowest BCUT2D eigenvalue weighted by atomic mass is 10.0. The minimum atomic E-state index is -0.425. The van der Waals surface area contributed by atoms with Gasteiger partial charge in [0.2, 0.25) is 0 Å². The van der Waals surface area contributed by atoms with Crippen LogP contribution >= 0.6 is 27.5 Å². The summed E-state index contributed by atoms with van der Waals surface area (Å²) < 4.78 is 46.7. The first-order valence-corrected chi connectivity index (χ1v) is 7.35. The SMILES string of the molecule is [2H]c1c([2H])c([2H])c(-c2cc(Br)cc3c2oc2cc(Cl)ccc23)c([2H])c1[2H]. The van der Waals surface area contributed by atoms with E-state index in [1.165, 1.54) is 0 Å². The zero-order valence-corrected chi connectivity index (χ0v) is 12.9. The van der Waals surface area contributed by atoms with Crippen molar-refractivity contribution < 1.29 is 11.3 Å². The zero-order valence-electron chi connectivity index (χ0n) is 15.6. The van der Waals surface area contributed by atoms with Gasteiger partial charge in [-0.25, -0.2) is 0 Å². The molecular weight excluding hydrogens is 348 g/mol. The number of benzene rings is 3.